The molecular weight excluding hydrogens is 188 g/mol. The molecule has 2 nitrogen and oxygen atoms in total. The Kier molecular flexibility index (Phi) is 12.7. The minimum Gasteiger partial charge on any atom is -0.478 e. The van der Waals surface area contributed by atoms with E-state index in [4.69, 9.17) is 5.11 Å². The number of allylic oxidation sites excluding steroid dienone is 2. The minimum atomic E-state index is -0.879. The first kappa shape index (κ1) is 15.6. The lowest BCUT2D eigenvalue weighted by Crippen LogP contribution is -1.93. The van der Waals surface area contributed by atoms with E-state index in [1.165, 1.54) is 0 Å². The molecule has 0 bridgehead atoms. The molecule has 0 heterocycles. The van der Waals surface area contributed by atoms with E-state index in [9.17, 15) is 4.79 Å². The molecule has 0 atom stereocenters. The Labute approximate surface area is 91.6 Å². The molecule has 0 aliphatic carbocycles. The van der Waals surface area contributed by atoms with Crippen molar-refractivity contribution in [1.29, 1.82) is 0 Å². The Morgan fingerprint density at radius 2 is 1.47 bits per heavy atom. The average molecular weight is 206 g/mol. The summed E-state index contributed by atoms with van der Waals surface area (Å²) in [5.74, 6) is -0.879. The zero-order chi connectivity index (χ0) is 12.1. The molecule has 82 valence electrons. The van der Waals surface area contributed by atoms with E-state index in [1.807, 2.05) is 13.8 Å². The van der Waals surface area contributed by atoms with Gasteiger partial charge in [-0.2, -0.15) is 0 Å². The predicted molar refractivity (Wildman–Crippen MR) is 65.1 cm³/mol. The second-order valence-electron chi connectivity index (χ2n) is 2.49. The van der Waals surface area contributed by atoms with Gasteiger partial charge in [-0.1, -0.05) is 30.4 Å². The van der Waals surface area contributed by atoms with Crippen LogP contribution in [0.3, 0.4) is 0 Å². The summed E-state index contributed by atoms with van der Waals surface area (Å²) in [7, 11) is 0. The monoisotopic (exact) mass is 206 g/mol. The van der Waals surface area contributed by atoms with Crippen molar-refractivity contribution in [1.82, 2.24) is 0 Å². The summed E-state index contributed by atoms with van der Waals surface area (Å²) in [6.07, 6.45) is 3.50. The molecule has 1 N–H and O–H groups in total. The topological polar surface area (TPSA) is 37.3 Å². The molecule has 1 rings (SSSR count). The highest BCUT2D eigenvalue weighted by atomic mass is 16.4. The van der Waals surface area contributed by atoms with Crippen molar-refractivity contribution in [3.63, 3.8) is 0 Å². The zero-order valence-corrected chi connectivity index (χ0v) is 9.31. The van der Waals surface area contributed by atoms with Gasteiger partial charge >= 0.3 is 5.97 Å². The van der Waals surface area contributed by atoms with Crippen molar-refractivity contribution in [2.45, 2.75) is 13.8 Å². The van der Waals surface area contributed by atoms with E-state index in [2.05, 4.69) is 13.2 Å². The Morgan fingerprint density at radius 3 is 1.67 bits per heavy atom. The molecule has 0 fully saturated rings. The van der Waals surface area contributed by atoms with E-state index < -0.39 is 5.97 Å². The number of hydrogen-bond donors (Lipinski definition) is 1. The van der Waals surface area contributed by atoms with Gasteiger partial charge in [-0.15, -0.1) is 13.2 Å². The third-order valence-electron chi connectivity index (χ3n) is 1.02. The molecule has 0 aliphatic rings. The zero-order valence-electron chi connectivity index (χ0n) is 9.31. The van der Waals surface area contributed by atoms with Crippen molar-refractivity contribution in [3.8, 4) is 0 Å². The Balaban J connectivity index is 0. The van der Waals surface area contributed by atoms with Crippen LogP contribution in [0.15, 0.2) is 55.6 Å². The van der Waals surface area contributed by atoms with Crippen LogP contribution < -0.4 is 0 Å². The first-order valence-electron chi connectivity index (χ1n) is 4.56. The van der Waals surface area contributed by atoms with Gasteiger partial charge in [0.2, 0.25) is 0 Å². The number of hydrogen-bond acceptors (Lipinski definition) is 1. The molecular formula is C13H18O2. The van der Waals surface area contributed by atoms with Gasteiger partial charge in [0.05, 0.1) is 5.56 Å². The average Bonchev–Trinajstić information content (AvgIpc) is 2.21. The summed E-state index contributed by atoms with van der Waals surface area (Å²) in [6.45, 7) is 10.5. The number of rotatable bonds is 1. The maximum absolute atomic E-state index is 10.2. The highest BCUT2D eigenvalue weighted by Crippen LogP contribution is 1.96. The number of carboxylic acid groups (broad SMARTS) is 1. The normalized spacial score (nSPS) is 7.07. The first-order chi connectivity index (χ1) is 7.13. The highest BCUT2D eigenvalue weighted by Gasteiger charge is 1.96. The maximum Gasteiger partial charge on any atom is 0.335 e. The molecule has 0 saturated heterocycles. The molecule has 0 aliphatic heterocycles. The molecule has 0 amide bonds. The van der Waals surface area contributed by atoms with Crippen molar-refractivity contribution in [3.05, 3.63) is 61.2 Å². The van der Waals surface area contributed by atoms with Crippen LogP contribution in [0.1, 0.15) is 24.2 Å². The summed E-state index contributed by atoms with van der Waals surface area (Å²) < 4.78 is 0. The predicted octanol–water partition coefficient (Wildman–Crippen LogP) is 3.77. The van der Waals surface area contributed by atoms with Crippen molar-refractivity contribution >= 4 is 5.97 Å². The number of aromatic carboxylic acids is 1. The molecule has 0 radical (unpaired) electrons. The van der Waals surface area contributed by atoms with Crippen LogP contribution in [0.5, 0.6) is 0 Å². The minimum absolute atomic E-state index is 0.331. The van der Waals surface area contributed by atoms with Crippen molar-refractivity contribution in [2.24, 2.45) is 0 Å². The van der Waals surface area contributed by atoms with Crippen LogP contribution in [0, 0.1) is 0 Å². The standard InChI is InChI=1S/C7H6O2.2C3H6/c8-7(9)6-4-2-1-3-5-6;2*1-3-2/h1-5H,(H,8,9);2*3H,1H2,2H3. The lowest BCUT2D eigenvalue weighted by atomic mass is 10.2. The number of benzene rings is 1. The largest absolute Gasteiger partial charge is 0.478 e. The Bertz CT molecular complexity index is 270. The summed E-state index contributed by atoms with van der Waals surface area (Å²) >= 11 is 0. The van der Waals surface area contributed by atoms with Crippen LogP contribution in [0.25, 0.3) is 0 Å². The number of carbonyl (C=O) groups is 1. The summed E-state index contributed by atoms with van der Waals surface area (Å²) in [5.41, 5.74) is 0.331. The van der Waals surface area contributed by atoms with Crippen LogP contribution in [-0.2, 0) is 0 Å². The third kappa shape index (κ3) is 12.2. The fourth-order valence-corrected chi connectivity index (χ4v) is 0.581. The number of carboxylic acids is 1. The van der Waals surface area contributed by atoms with Gasteiger partial charge in [0, 0.05) is 0 Å². The fraction of sp³-hybridized carbons (Fsp3) is 0.154. The van der Waals surface area contributed by atoms with Crippen LogP contribution in [0.4, 0.5) is 0 Å². The maximum atomic E-state index is 10.2. The van der Waals surface area contributed by atoms with Gasteiger partial charge < -0.3 is 5.11 Å². The Morgan fingerprint density at radius 1 is 1.13 bits per heavy atom. The van der Waals surface area contributed by atoms with Crippen LogP contribution >= 0.6 is 0 Å². The SMILES string of the molecule is C=CC.C=CC.O=C(O)c1ccccc1. The van der Waals surface area contributed by atoms with E-state index in [0.29, 0.717) is 5.56 Å². The fourth-order valence-electron chi connectivity index (χ4n) is 0.581. The lowest BCUT2D eigenvalue weighted by molar-refractivity contribution is 0.0697. The smallest absolute Gasteiger partial charge is 0.335 e. The first-order valence-corrected chi connectivity index (χ1v) is 4.56. The summed E-state index contributed by atoms with van der Waals surface area (Å²) in [4.78, 5) is 10.2. The van der Waals surface area contributed by atoms with Gasteiger partial charge in [0.15, 0.2) is 0 Å². The van der Waals surface area contributed by atoms with Crippen LogP contribution in [-0.4, -0.2) is 11.1 Å². The van der Waals surface area contributed by atoms with E-state index in [1.54, 1.807) is 42.5 Å². The summed E-state index contributed by atoms with van der Waals surface area (Å²) in [5, 5.41) is 8.38. The molecule has 1 aromatic rings. The summed E-state index contributed by atoms with van der Waals surface area (Å²) in [6, 6.07) is 8.30. The molecule has 2 heteroatoms. The van der Waals surface area contributed by atoms with Gasteiger partial charge in [0.25, 0.3) is 0 Å². The lowest BCUT2D eigenvalue weighted by Gasteiger charge is -1.88. The van der Waals surface area contributed by atoms with Gasteiger partial charge in [0.1, 0.15) is 0 Å². The quantitative estimate of drug-likeness (QED) is 0.710. The van der Waals surface area contributed by atoms with Crippen molar-refractivity contribution < 1.29 is 9.90 Å². The van der Waals surface area contributed by atoms with Gasteiger partial charge in [-0.3, -0.25) is 0 Å². The second-order valence-corrected chi connectivity index (χ2v) is 2.49. The molecule has 0 unspecified atom stereocenters. The Hall–Kier alpha value is -1.83. The molecule has 0 spiro atoms. The highest BCUT2D eigenvalue weighted by molar-refractivity contribution is 5.87. The molecule has 15 heavy (non-hydrogen) atoms. The molecule has 0 aromatic heterocycles. The second kappa shape index (κ2) is 12.2. The van der Waals surface area contributed by atoms with Gasteiger partial charge in [-0.25, -0.2) is 4.79 Å². The van der Waals surface area contributed by atoms with E-state index in [-0.39, 0.29) is 0 Å². The third-order valence-corrected chi connectivity index (χ3v) is 1.02. The van der Waals surface area contributed by atoms with E-state index >= 15 is 0 Å². The molecule has 1 aromatic carbocycles. The molecule has 0 saturated carbocycles. The van der Waals surface area contributed by atoms with Gasteiger partial charge in [-0.05, 0) is 26.0 Å². The van der Waals surface area contributed by atoms with Crippen molar-refractivity contribution in [2.75, 3.05) is 0 Å². The van der Waals surface area contributed by atoms with Crippen LogP contribution in [0.2, 0.25) is 0 Å². The van der Waals surface area contributed by atoms with E-state index in [0.717, 1.165) is 0 Å².